The molecule has 2 N–H and O–H groups in total. The average Bonchev–Trinajstić information content (AvgIpc) is 2.30. The van der Waals surface area contributed by atoms with Crippen molar-refractivity contribution in [2.75, 3.05) is 18.9 Å². The molecule has 7 heteroatoms. The first-order valence-electron chi connectivity index (χ1n) is 5.71. The van der Waals surface area contributed by atoms with Gasteiger partial charge in [0.15, 0.2) is 0 Å². The first-order valence-corrected chi connectivity index (χ1v) is 6.52. The van der Waals surface area contributed by atoms with E-state index in [4.69, 9.17) is 0 Å². The van der Waals surface area contributed by atoms with Crippen LogP contribution in [0, 0.1) is 0 Å². The molecule has 0 heterocycles. The van der Waals surface area contributed by atoms with E-state index < -0.39 is 5.51 Å². The van der Waals surface area contributed by atoms with Crippen molar-refractivity contribution in [2.45, 2.75) is 23.2 Å². The third-order valence-electron chi connectivity index (χ3n) is 2.20. The van der Waals surface area contributed by atoms with E-state index in [2.05, 4.69) is 10.6 Å². The lowest BCUT2D eigenvalue weighted by Crippen LogP contribution is -2.15. The Labute approximate surface area is 114 Å². The number of rotatable bonds is 6. The van der Waals surface area contributed by atoms with Crippen LogP contribution < -0.4 is 10.6 Å². The molecule has 0 fully saturated rings. The van der Waals surface area contributed by atoms with Crippen LogP contribution in [0.5, 0.6) is 0 Å². The topological polar surface area (TPSA) is 41.1 Å². The van der Waals surface area contributed by atoms with E-state index in [-0.39, 0.29) is 22.6 Å². The summed E-state index contributed by atoms with van der Waals surface area (Å²) in [6.45, 7) is 0.745. The van der Waals surface area contributed by atoms with E-state index in [9.17, 15) is 18.0 Å². The molecule has 0 unspecified atom stereocenters. The Morgan fingerprint density at radius 2 is 1.89 bits per heavy atom. The Morgan fingerprint density at radius 3 is 2.42 bits per heavy atom. The minimum atomic E-state index is -4.29. The molecule has 0 saturated heterocycles. The fraction of sp³-hybridized carbons (Fsp3) is 0.417. The molecule has 1 amide bonds. The van der Waals surface area contributed by atoms with Crippen molar-refractivity contribution in [2.24, 2.45) is 0 Å². The molecule has 0 aliphatic rings. The van der Waals surface area contributed by atoms with Gasteiger partial charge in [0.2, 0.25) is 5.91 Å². The Morgan fingerprint density at radius 1 is 1.26 bits per heavy atom. The van der Waals surface area contributed by atoms with Crippen molar-refractivity contribution in [3.8, 4) is 0 Å². The number of hydrogen-bond donors (Lipinski definition) is 2. The fourth-order valence-corrected chi connectivity index (χ4v) is 1.93. The minimum Gasteiger partial charge on any atom is -0.326 e. The number of carbonyl (C=O) groups is 1. The minimum absolute atomic E-state index is 0.0979. The van der Waals surface area contributed by atoms with Gasteiger partial charge in [-0.15, -0.1) is 0 Å². The highest BCUT2D eigenvalue weighted by Crippen LogP contribution is 2.36. The van der Waals surface area contributed by atoms with Crippen molar-refractivity contribution in [3.63, 3.8) is 0 Å². The zero-order valence-electron chi connectivity index (χ0n) is 10.4. The lowest BCUT2D eigenvalue weighted by atomic mass is 10.2. The molecule has 1 rings (SSSR count). The Bertz CT molecular complexity index is 406. The first-order chi connectivity index (χ1) is 8.90. The molecular formula is C12H15F3N2OS. The third-order valence-corrected chi connectivity index (χ3v) is 2.94. The molecule has 0 aromatic heterocycles. The van der Waals surface area contributed by atoms with E-state index in [0.29, 0.717) is 18.5 Å². The molecule has 0 radical (unpaired) electrons. The smallest absolute Gasteiger partial charge is 0.326 e. The molecule has 106 valence electrons. The number of anilines is 1. The molecule has 0 aliphatic heterocycles. The van der Waals surface area contributed by atoms with Crippen LogP contribution in [0.3, 0.4) is 0 Å². The summed E-state index contributed by atoms with van der Waals surface area (Å²) in [5.74, 6) is -0.147. The molecule has 0 bridgehead atoms. The van der Waals surface area contributed by atoms with Gasteiger partial charge in [0.25, 0.3) is 0 Å². The van der Waals surface area contributed by atoms with Gasteiger partial charge in [0.1, 0.15) is 0 Å². The van der Waals surface area contributed by atoms with Crippen LogP contribution in [0.15, 0.2) is 29.2 Å². The largest absolute Gasteiger partial charge is 0.446 e. The van der Waals surface area contributed by atoms with E-state index in [1.54, 1.807) is 7.05 Å². The highest BCUT2D eigenvalue weighted by molar-refractivity contribution is 8.00. The van der Waals surface area contributed by atoms with Crippen LogP contribution in [0.1, 0.15) is 12.8 Å². The van der Waals surface area contributed by atoms with Crippen LogP contribution >= 0.6 is 11.8 Å². The third kappa shape index (κ3) is 7.07. The number of halogens is 3. The summed E-state index contributed by atoms with van der Waals surface area (Å²) in [6, 6.07) is 5.59. The van der Waals surface area contributed by atoms with Crippen molar-refractivity contribution in [1.29, 1.82) is 0 Å². The maximum absolute atomic E-state index is 12.1. The molecule has 1 aromatic carbocycles. The normalized spacial score (nSPS) is 11.4. The summed E-state index contributed by atoms with van der Waals surface area (Å²) in [5.41, 5.74) is -3.79. The van der Waals surface area contributed by atoms with Crippen LogP contribution in [0.2, 0.25) is 0 Å². The Balaban J connectivity index is 2.46. The SMILES string of the molecule is CNCCCC(=O)Nc1ccc(SC(F)(F)F)cc1. The number of alkyl halides is 3. The molecular weight excluding hydrogens is 277 g/mol. The molecule has 0 spiro atoms. The fourth-order valence-electron chi connectivity index (χ4n) is 1.39. The lowest BCUT2D eigenvalue weighted by molar-refractivity contribution is -0.116. The summed E-state index contributed by atoms with van der Waals surface area (Å²) in [6.07, 6.45) is 1.09. The monoisotopic (exact) mass is 292 g/mol. The molecule has 3 nitrogen and oxygen atoms in total. The van der Waals surface area contributed by atoms with Gasteiger partial charge in [-0.3, -0.25) is 4.79 Å². The van der Waals surface area contributed by atoms with Crippen molar-refractivity contribution in [1.82, 2.24) is 5.32 Å². The van der Waals surface area contributed by atoms with E-state index in [1.807, 2.05) is 0 Å². The molecule has 0 atom stereocenters. The summed E-state index contributed by atoms with van der Waals surface area (Å²) in [4.78, 5) is 11.6. The number of thioether (sulfide) groups is 1. The zero-order chi connectivity index (χ0) is 14.3. The van der Waals surface area contributed by atoms with Gasteiger partial charge >= 0.3 is 5.51 Å². The zero-order valence-corrected chi connectivity index (χ0v) is 11.2. The summed E-state index contributed by atoms with van der Waals surface area (Å²) in [7, 11) is 1.80. The van der Waals surface area contributed by atoms with Gasteiger partial charge in [0, 0.05) is 17.0 Å². The quantitative estimate of drug-likeness (QED) is 0.625. The summed E-state index contributed by atoms with van der Waals surface area (Å²) < 4.78 is 36.3. The van der Waals surface area contributed by atoms with Crippen molar-refractivity contribution < 1.29 is 18.0 Å². The number of amides is 1. The number of hydrogen-bond acceptors (Lipinski definition) is 3. The second-order valence-electron chi connectivity index (χ2n) is 3.83. The Kier molecular flexibility index (Phi) is 6.17. The molecule has 1 aromatic rings. The van der Waals surface area contributed by atoms with Crippen molar-refractivity contribution >= 4 is 23.4 Å². The van der Waals surface area contributed by atoms with Gasteiger partial charge in [-0.1, -0.05) is 0 Å². The predicted molar refractivity (Wildman–Crippen MR) is 70.1 cm³/mol. The second kappa shape index (κ2) is 7.40. The van der Waals surface area contributed by atoms with Crippen LogP contribution in [0.4, 0.5) is 18.9 Å². The molecule has 0 aliphatic carbocycles. The summed E-state index contributed by atoms with van der Waals surface area (Å²) >= 11 is -0.176. The van der Waals surface area contributed by atoms with Gasteiger partial charge in [-0.2, -0.15) is 13.2 Å². The van der Waals surface area contributed by atoms with Crippen LogP contribution in [0.25, 0.3) is 0 Å². The highest BCUT2D eigenvalue weighted by Gasteiger charge is 2.28. The van der Waals surface area contributed by atoms with Gasteiger partial charge < -0.3 is 10.6 Å². The highest BCUT2D eigenvalue weighted by atomic mass is 32.2. The van der Waals surface area contributed by atoms with E-state index >= 15 is 0 Å². The van der Waals surface area contributed by atoms with Crippen LogP contribution in [-0.2, 0) is 4.79 Å². The number of nitrogens with one attached hydrogen (secondary N) is 2. The number of carbonyl (C=O) groups excluding carboxylic acids is 1. The summed E-state index contributed by atoms with van der Waals surface area (Å²) in [5, 5.41) is 5.56. The average molecular weight is 292 g/mol. The first kappa shape index (κ1) is 15.8. The van der Waals surface area contributed by atoms with Gasteiger partial charge in [0.05, 0.1) is 0 Å². The lowest BCUT2D eigenvalue weighted by Gasteiger charge is -2.08. The second-order valence-corrected chi connectivity index (χ2v) is 4.97. The van der Waals surface area contributed by atoms with Crippen LogP contribution in [-0.4, -0.2) is 25.0 Å². The molecule has 0 saturated carbocycles. The number of benzene rings is 1. The maximum Gasteiger partial charge on any atom is 0.446 e. The predicted octanol–water partition coefficient (Wildman–Crippen LogP) is 3.24. The van der Waals surface area contributed by atoms with Gasteiger partial charge in [-0.25, -0.2) is 0 Å². The van der Waals surface area contributed by atoms with Gasteiger partial charge in [-0.05, 0) is 56.0 Å². The van der Waals surface area contributed by atoms with Crippen molar-refractivity contribution in [3.05, 3.63) is 24.3 Å². The Hall–Kier alpha value is -1.21. The molecule has 19 heavy (non-hydrogen) atoms. The van der Waals surface area contributed by atoms with E-state index in [0.717, 1.165) is 6.54 Å². The maximum atomic E-state index is 12.1. The standard InChI is InChI=1S/C12H15F3N2OS/c1-16-8-2-3-11(18)17-9-4-6-10(7-5-9)19-12(13,14)15/h4-7,16H,2-3,8H2,1H3,(H,17,18). The van der Waals surface area contributed by atoms with E-state index in [1.165, 1.54) is 24.3 Å².